The largest absolute Gasteiger partial charge is 0.305 e. The van der Waals surface area contributed by atoms with Gasteiger partial charge in [-0.15, -0.1) is 0 Å². The van der Waals surface area contributed by atoms with Crippen molar-refractivity contribution in [1.82, 2.24) is 9.80 Å². The third-order valence-electron chi connectivity index (χ3n) is 9.76. The number of aryl methyl sites for hydroxylation is 2. The van der Waals surface area contributed by atoms with Crippen molar-refractivity contribution >= 4 is 5.78 Å². The molecular weight excluding hydrogens is 609 g/mol. The molecule has 6 rings (SSSR count). The van der Waals surface area contributed by atoms with E-state index in [0.717, 1.165) is 79.9 Å². The summed E-state index contributed by atoms with van der Waals surface area (Å²) in [6.07, 6.45) is 0. The van der Waals surface area contributed by atoms with E-state index in [2.05, 4.69) is 187 Å². The van der Waals surface area contributed by atoms with Crippen LogP contribution >= 0.6 is 0 Å². The van der Waals surface area contributed by atoms with Crippen molar-refractivity contribution in [2.24, 2.45) is 0 Å². The van der Waals surface area contributed by atoms with Gasteiger partial charge in [0.2, 0.25) is 0 Å². The second-order valence-corrected chi connectivity index (χ2v) is 14.1. The Kier molecular flexibility index (Phi) is 10.3. The molecule has 0 radical (unpaired) electrons. The molecule has 0 spiro atoms. The van der Waals surface area contributed by atoms with Crippen LogP contribution in [0.1, 0.15) is 49.3 Å². The molecule has 0 unspecified atom stereocenters. The van der Waals surface area contributed by atoms with E-state index >= 15 is 0 Å². The van der Waals surface area contributed by atoms with E-state index in [0.29, 0.717) is 0 Å². The first-order valence-corrected chi connectivity index (χ1v) is 17.5. The molecule has 3 heteroatoms. The Morgan fingerprint density at radius 3 is 1.10 bits per heavy atom. The Morgan fingerprint density at radius 1 is 0.420 bits per heavy atom. The lowest BCUT2D eigenvalue weighted by molar-refractivity contribution is 0.103. The quantitative estimate of drug-likeness (QED) is 0.137. The van der Waals surface area contributed by atoms with Gasteiger partial charge in [0.05, 0.1) is 0 Å². The molecule has 0 N–H and O–H groups in total. The summed E-state index contributed by atoms with van der Waals surface area (Å²) in [7, 11) is 8.36. The number of carbonyl (C=O) groups is 1. The van der Waals surface area contributed by atoms with Gasteiger partial charge in [0.1, 0.15) is 0 Å². The van der Waals surface area contributed by atoms with Crippen LogP contribution in [0.25, 0.3) is 44.5 Å². The number of hydrogen-bond donors (Lipinski definition) is 0. The summed E-state index contributed by atoms with van der Waals surface area (Å²) in [6.45, 7) is 10.1. The predicted molar refractivity (Wildman–Crippen MR) is 212 cm³/mol. The minimum absolute atomic E-state index is 0.0785. The standard InChI is InChI=1S/C47H48N2O/c1-31-17-27-39(43-15-11-9-13-41(43)37-23-19-35(20-24-37)29-48(5)6)33(3)45(31)47(50)46-32(2)18-28-40(34(46)4)44-16-12-10-14-42(44)38-25-21-36(22-26-38)30-49(7)8/h9-28H,29-30H2,1-8H3. The molecular formula is C47H48N2O. The Bertz CT molecular complexity index is 2000. The molecule has 0 saturated carbocycles. The summed E-state index contributed by atoms with van der Waals surface area (Å²) in [5.74, 6) is 0.0785. The molecule has 0 fully saturated rings. The minimum atomic E-state index is 0.0785. The van der Waals surface area contributed by atoms with Crippen LogP contribution in [0.2, 0.25) is 0 Å². The van der Waals surface area contributed by atoms with Crippen LogP contribution in [0.15, 0.2) is 121 Å². The maximum atomic E-state index is 14.8. The summed E-state index contributed by atoms with van der Waals surface area (Å²) in [4.78, 5) is 19.2. The van der Waals surface area contributed by atoms with Gasteiger partial charge in [-0.3, -0.25) is 4.79 Å². The molecule has 50 heavy (non-hydrogen) atoms. The van der Waals surface area contributed by atoms with Crippen molar-refractivity contribution in [2.75, 3.05) is 28.2 Å². The zero-order chi connectivity index (χ0) is 35.5. The number of ketones is 1. The second kappa shape index (κ2) is 14.8. The van der Waals surface area contributed by atoms with Gasteiger partial charge in [-0.05, 0) is 134 Å². The van der Waals surface area contributed by atoms with E-state index in [1.807, 2.05) is 0 Å². The van der Waals surface area contributed by atoms with Gasteiger partial charge in [-0.2, -0.15) is 0 Å². The average Bonchev–Trinajstić information content (AvgIpc) is 3.09. The zero-order valence-electron chi connectivity index (χ0n) is 30.8. The fourth-order valence-corrected chi connectivity index (χ4v) is 7.35. The Labute approximate surface area is 298 Å². The van der Waals surface area contributed by atoms with E-state index in [1.165, 1.54) is 22.3 Å². The van der Waals surface area contributed by atoms with Crippen LogP contribution < -0.4 is 0 Å². The Hall–Kier alpha value is -5.09. The number of hydrogen-bond acceptors (Lipinski definition) is 3. The Balaban J connectivity index is 1.41. The molecule has 6 aromatic carbocycles. The molecule has 0 bridgehead atoms. The number of nitrogens with zero attached hydrogens (tertiary/aromatic N) is 2. The van der Waals surface area contributed by atoms with E-state index in [4.69, 9.17) is 0 Å². The van der Waals surface area contributed by atoms with Crippen LogP contribution in [0.4, 0.5) is 0 Å². The van der Waals surface area contributed by atoms with Gasteiger partial charge in [0.25, 0.3) is 0 Å². The fourth-order valence-electron chi connectivity index (χ4n) is 7.35. The lowest BCUT2D eigenvalue weighted by Gasteiger charge is -2.20. The van der Waals surface area contributed by atoms with E-state index < -0.39 is 0 Å². The molecule has 0 saturated heterocycles. The highest BCUT2D eigenvalue weighted by Crippen LogP contribution is 2.39. The van der Waals surface area contributed by atoms with Crippen molar-refractivity contribution in [3.63, 3.8) is 0 Å². The van der Waals surface area contributed by atoms with E-state index in [9.17, 15) is 4.79 Å². The first kappa shape index (κ1) is 34.8. The van der Waals surface area contributed by atoms with Gasteiger partial charge in [0.15, 0.2) is 5.78 Å². The van der Waals surface area contributed by atoms with Gasteiger partial charge >= 0.3 is 0 Å². The van der Waals surface area contributed by atoms with Gasteiger partial charge in [0, 0.05) is 24.2 Å². The molecule has 6 aromatic rings. The third kappa shape index (κ3) is 7.12. The molecule has 0 aliphatic carbocycles. The van der Waals surface area contributed by atoms with Crippen LogP contribution in [0.3, 0.4) is 0 Å². The summed E-state index contributed by atoms with van der Waals surface area (Å²) in [5.41, 5.74) is 17.2. The van der Waals surface area contributed by atoms with Crippen LogP contribution in [0, 0.1) is 27.7 Å². The lowest BCUT2D eigenvalue weighted by atomic mass is 9.83. The van der Waals surface area contributed by atoms with Crippen molar-refractivity contribution in [2.45, 2.75) is 40.8 Å². The molecule has 0 heterocycles. The number of carbonyl (C=O) groups excluding carboxylic acids is 1. The first-order chi connectivity index (χ1) is 24.0. The smallest absolute Gasteiger partial charge is 0.194 e. The summed E-state index contributed by atoms with van der Waals surface area (Å²) < 4.78 is 0. The normalized spacial score (nSPS) is 11.4. The highest BCUT2D eigenvalue weighted by molar-refractivity contribution is 6.14. The molecule has 0 aliphatic rings. The predicted octanol–water partition coefficient (Wildman–Crippen LogP) is 10.9. The third-order valence-corrected chi connectivity index (χ3v) is 9.76. The molecule has 0 amide bonds. The van der Waals surface area contributed by atoms with Crippen LogP contribution in [-0.4, -0.2) is 43.8 Å². The molecule has 252 valence electrons. The van der Waals surface area contributed by atoms with Crippen LogP contribution in [0.5, 0.6) is 0 Å². The minimum Gasteiger partial charge on any atom is -0.305 e. The molecule has 0 aliphatic heterocycles. The monoisotopic (exact) mass is 656 g/mol. The van der Waals surface area contributed by atoms with Gasteiger partial charge in [-0.25, -0.2) is 0 Å². The number of rotatable bonds is 10. The summed E-state index contributed by atoms with van der Waals surface area (Å²) in [5, 5.41) is 0. The topological polar surface area (TPSA) is 23.6 Å². The highest BCUT2D eigenvalue weighted by Gasteiger charge is 2.24. The number of benzene rings is 6. The second-order valence-electron chi connectivity index (χ2n) is 14.1. The van der Waals surface area contributed by atoms with Crippen molar-refractivity contribution < 1.29 is 4.79 Å². The molecule has 0 atom stereocenters. The van der Waals surface area contributed by atoms with Crippen LogP contribution in [-0.2, 0) is 13.1 Å². The lowest BCUT2D eigenvalue weighted by Crippen LogP contribution is -2.12. The Morgan fingerprint density at radius 2 is 0.760 bits per heavy atom. The zero-order valence-corrected chi connectivity index (χ0v) is 30.8. The average molecular weight is 657 g/mol. The molecule has 0 aromatic heterocycles. The van der Waals surface area contributed by atoms with Crippen molar-refractivity contribution in [3.05, 3.63) is 166 Å². The maximum Gasteiger partial charge on any atom is 0.194 e. The van der Waals surface area contributed by atoms with Crippen molar-refractivity contribution in [3.8, 4) is 44.5 Å². The van der Waals surface area contributed by atoms with E-state index in [-0.39, 0.29) is 5.78 Å². The fraction of sp³-hybridized carbons (Fsp3) is 0.213. The highest BCUT2D eigenvalue weighted by atomic mass is 16.1. The first-order valence-electron chi connectivity index (χ1n) is 17.5. The maximum absolute atomic E-state index is 14.8. The van der Waals surface area contributed by atoms with E-state index in [1.54, 1.807) is 0 Å². The summed E-state index contributed by atoms with van der Waals surface area (Å²) >= 11 is 0. The van der Waals surface area contributed by atoms with Gasteiger partial charge in [-0.1, -0.05) is 121 Å². The van der Waals surface area contributed by atoms with Gasteiger partial charge < -0.3 is 9.80 Å². The summed E-state index contributed by atoms with van der Waals surface area (Å²) in [6, 6.07) is 43.3. The molecule has 3 nitrogen and oxygen atoms in total. The SMILES string of the molecule is Cc1ccc(-c2ccccc2-c2ccc(CN(C)C)cc2)c(C)c1C(=O)c1c(C)ccc(-c2ccccc2-c2ccc(CN(C)C)cc2)c1C. The van der Waals surface area contributed by atoms with Crippen molar-refractivity contribution in [1.29, 1.82) is 0 Å².